The van der Waals surface area contributed by atoms with Gasteiger partial charge >= 0.3 is 0 Å². The first-order valence-corrected chi connectivity index (χ1v) is 6.33. The minimum absolute atomic E-state index is 0.223. The lowest BCUT2D eigenvalue weighted by molar-refractivity contribution is 0.618. The SMILES string of the molecule is Nc1cccc(F)c1CSc1cccs1. The van der Waals surface area contributed by atoms with E-state index in [1.807, 2.05) is 17.5 Å². The van der Waals surface area contributed by atoms with E-state index in [0.717, 1.165) is 0 Å². The van der Waals surface area contributed by atoms with E-state index in [1.54, 1.807) is 35.2 Å². The van der Waals surface area contributed by atoms with Gasteiger partial charge in [-0.15, -0.1) is 23.1 Å². The van der Waals surface area contributed by atoms with Gasteiger partial charge in [0.2, 0.25) is 0 Å². The van der Waals surface area contributed by atoms with Crippen LogP contribution in [0, 0.1) is 5.82 Å². The van der Waals surface area contributed by atoms with Crippen molar-refractivity contribution in [2.45, 2.75) is 9.96 Å². The Labute approximate surface area is 96.1 Å². The topological polar surface area (TPSA) is 26.0 Å². The third-order valence-corrected chi connectivity index (χ3v) is 4.17. The number of halogens is 1. The van der Waals surface area contributed by atoms with E-state index >= 15 is 0 Å². The van der Waals surface area contributed by atoms with Crippen molar-refractivity contribution in [3.8, 4) is 0 Å². The van der Waals surface area contributed by atoms with Crippen LogP contribution >= 0.6 is 23.1 Å². The second kappa shape index (κ2) is 4.68. The summed E-state index contributed by atoms with van der Waals surface area (Å²) in [4.78, 5) is 0. The van der Waals surface area contributed by atoms with Gasteiger partial charge in [-0.1, -0.05) is 12.1 Å². The molecule has 0 aliphatic carbocycles. The molecule has 0 saturated carbocycles. The first-order chi connectivity index (χ1) is 7.27. The van der Waals surface area contributed by atoms with Crippen molar-refractivity contribution in [3.05, 3.63) is 47.1 Å². The highest BCUT2D eigenvalue weighted by molar-refractivity contribution is 8.00. The third kappa shape index (κ3) is 2.52. The fourth-order valence-electron chi connectivity index (χ4n) is 1.22. The highest BCUT2D eigenvalue weighted by Gasteiger charge is 2.06. The fourth-order valence-corrected chi connectivity index (χ4v) is 3.05. The van der Waals surface area contributed by atoms with Crippen LogP contribution in [0.3, 0.4) is 0 Å². The first-order valence-electron chi connectivity index (χ1n) is 4.46. The standard InChI is InChI=1S/C11H10FNS2/c12-9-3-1-4-10(13)8(9)7-15-11-5-2-6-14-11/h1-6H,7,13H2. The van der Waals surface area contributed by atoms with E-state index < -0.39 is 0 Å². The van der Waals surface area contributed by atoms with Crippen molar-refractivity contribution < 1.29 is 4.39 Å². The Morgan fingerprint density at radius 1 is 1.27 bits per heavy atom. The summed E-state index contributed by atoms with van der Waals surface area (Å²) in [6.45, 7) is 0. The second-order valence-corrected chi connectivity index (χ2v) is 5.25. The molecule has 78 valence electrons. The number of thioether (sulfide) groups is 1. The molecule has 2 aromatic rings. The predicted octanol–water partition coefficient (Wildman–Crippen LogP) is 3.76. The summed E-state index contributed by atoms with van der Waals surface area (Å²) in [5.41, 5.74) is 6.83. The maximum Gasteiger partial charge on any atom is 0.129 e. The van der Waals surface area contributed by atoms with Gasteiger partial charge in [-0.2, -0.15) is 0 Å². The van der Waals surface area contributed by atoms with Gasteiger partial charge in [0.1, 0.15) is 5.82 Å². The van der Waals surface area contributed by atoms with Gasteiger partial charge in [0.15, 0.2) is 0 Å². The van der Waals surface area contributed by atoms with E-state index in [9.17, 15) is 4.39 Å². The lowest BCUT2D eigenvalue weighted by atomic mass is 10.2. The molecule has 0 aliphatic heterocycles. The van der Waals surface area contributed by atoms with Crippen molar-refractivity contribution in [2.75, 3.05) is 5.73 Å². The van der Waals surface area contributed by atoms with Gasteiger partial charge in [-0.3, -0.25) is 0 Å². The van der Waals surface area contributed by atoms with E-state index in [4.69, 9.17) is 5.73 Å². The van der Waals surface area contributed by atoms with Crippen molar-refractivity contribution in [1.29, 1.82) is 0 Å². The van der Waals surface area contributed by atoms with Crippen molar-refractivity contribution in [2.24, 2.45) is 0 Å². The zero-order valence-corrected chi connectivity index (χ0v) is 9.58. The number of nitrogens with two attached hydrogens (primary N) is 1. The lowest BCUT2D eigenvalue weighted by Gasteiger charge is -2.05. The zero-order valence-electron chi connectivity index (χ0n) is 7.94. The zero-order chi connectivity index (χ0) is 10.7. The molecule has 0 fully saturated rings. The molecule has 0 aliphatic rings. The molecular formula is C11H10FNS2. The summed E-state index contributed by atoms with van der Waals surface area (Å²) in [5, 5.41) is 2.01. The molecule has 1 aromatic carbocycles. The second-order valence-electron chi connectivity index (χ2n) is 3.03. The van der Waals surface area contributed by atoms with Crippen LogP contribution in [0.15, 0.2) is 39.9 Å². The van der Waals surface area contributed by atoms with Crippen LogP contribution in [0.5, 0.6) is 0 Å². The van der Waals surface area contributed by atoms with Crippen LogP contribution in [0.1, 0.15) is 5.56 Å². The molecule has 15 heavy (non-hydrogen) atoms. The molecule has 1 nitrogen and oxygen atoms in total. The maximum atomic E-state index is 13.4. The molecular weight excluding hydrogens is 229 g/mol. The number of rotatable bonds is 3. The number of nitrogen functional groups attached to an aromatic ring is 1. The third-order valence-electron chi connectivity index (χ3n) is 2.01. The van der Waals surface area contributed by atoms with Gasteiger partial charge in [-0.05, 0) is 23.6 Å². The summed E-state index contributed by atoms with van der Waals surface area (Å²) < 4.78 is 14.6. The van der Waals surface area contributed by atoms with Gasteiger partial charge in [0.05, 0.1) is 4.21 Å². The average molecular weight is 239 g/mol. The highest BCUT2D eigenvalue weighted by atomic mass is 32.2. The van der Waals surface area contributed by atoms with Crippen LogP contribution in [-0.4, -0.2) is 0 Å². The largest absolute Gasteiger partial charge is 0.398 e. The molecule has 2 rings (SSSR count). The summed E-state index contributed by atoms with van der Waals surface area (Å²) in [5.74, 6) is 0.359. The fraction of sp³-hybridized carbons (Fsp3) is 0.0909. The van der Waals surface area contributed by atoms with Crippen molar-refractivity contribution in [1.82, 2.24) is 0 Å². The van der Waals surface area contributed by atoms with Gasteiger partial charge < -0.3 is 5.73 Å². The Hall–Kier alpha value is -1.00. The van der Waals surface area contributed by atoms with Crippen molar-refractivity contribution >= 4 is 28.8 Å². The summed E-state index contributed by atoms with van der Waals surface area (Å²) in [6, 6.07) is 8.81. The van der Waals surface area contributed by atoms with E-state index in [2.05, 4.69) is 0 Å². The molecule has 0 atom stereocenters. The Morgan fingerprint density at radius 3 is 2.80 bits per heavy atom. The summed E-state index contributed by atoms with van der Waals surface area (Å²) in [6.07, 6.45) is 0. The highest BCUT2D eigenvalue weighted by Crippen LogP contribution is 2.29. The maximum absolute atomic E-state index is 13.4. The molecule has 0 spiro atoms. The molecule has 0 radical (unpaired) electrons. The molecule has 2 N–H and O–H groups in total. The van der Waals surface area contributed by atoms with Crippen LogP contribution in [0.2, 0.25) is 0 Å². The molecule has 1 heterocycles. The Kier molecular flexibility index (Phi) is 3.28. The van der Waals surface area contributed by atoms with Crippen LogP contribution in [-0.2, 0) is 5.75 Å². The number of hydrogen-bond donors (Lipinski definition) is 1. The summed E-state index contributed by atoms with van der Waals surface area (Å²) in [7, 11) is 0. The minimum atomic E-state index is -0.223. The smallest absolute Gasteiger partial charge is 0.129 e. The Bertz CT molecular complexity index is 420. The van der Waals surface area contributed by atoms with E-state index in [-0.39, 0.29) is 5.82 Å². The van der Waals surface area contributed by atoms with Crippen molar-refractivity contribution in [3.63, 3.8) is 0 Å². The number of hydrogen-bond acceptors (Lipinski definition) is 3. The molecule has 0 unspecified atom stereocenters. The van der Waals surface area contributed by atoms with Gasteiger partial charge in [0.25, 0.3) is 0 Å². The van der Waals surface area contributed by atoms with Crippen LogP contribution < -0.4 is 5.73 Å². The average Bonchev–Trinajstić information content (AvgIpc) is 2.70. The molecule has 0 bridgehead atoms. The normalized spacial score (nSPS) is 10.5. The van der Waals surface area contributed by atoms with Gasteiger partial charge in [-0.25, -0.2) is 4.39 Å². The number of anilines is 1. The van der Waals surface area contributed by atoms with Gasteiger partial charge in [0, 0.05) is 17.0 Å². The molecule has 0 saturated heterocycles. The minimum Gasteiger partial charge on any atom is -0.398 e. The Balaban J connectivity index is 2.11. The first kappa shape index (κ1) is 10.5. The van der Waals surface area contributed by atoms with Crippen LogP contribution in [0.4, 0.5) is 10.1 Å². The predicted molar refractivity (Wildman–Crippen MR) is 64.7 cm³/mol. The van der Waals surface area contributed by atoms with E-state index in [1.165, 1.54) is 10.3 Å². The molecule has 1 aromatic heterocycles. The molecule has 0 amide bonds. The quantitative estimate of drug-likeness (QED) is 0.652. The summed E-state index contributed by atoms with van der Waals surface area (Å²) >= 11 is 3.26. The van der Waals surface area contributed by atoms with E-state index in [0.29, 0.717) is 17.0 Å². The lowest BCUT2D eigenvalue weighted by Crippen LogP contribution is -1.95. The monoisotopic (exact) mass is 239 g/mol. The number of benzene rings is 1. The Morgan fingerprint density at radius 2 is 2.13 bits per heavy atom. The molecule has 4 heteroatoms. The van der Waals surface area contributed by atoms with Crippen LogP contribution in [0.25, 0.3) is 0 Å². The number of thiophene rings is 1.